The second-order valence-electron chi connectivity index (χ2n) is 15.4. The zero-order valence-electron chi connectivity index (χ0n) is 31.2. The van der Waals surface area contributed by atoms with E-state index in [0.29, 0.717) is 11.8 Å². The minimum atomic E-state index is -0.448. The number of hydrogen-bond donors (Lipinski definition) is 0. The first-order valence-electron chi connectivity index (χ1n) is 19.5. The Morgan fingerprint density at radius 2 is 1.42 bits per heavy atom. The number of fused-ring (bicyclic) bond motifs is 7. The highest BCUT2D eigenvalue weighted by Gasteiger charge is 2.52. The third kappa shape index (κ3) is 4.52. The highest BCUT2D eigenvalue weighted by Crippen LogP contribution is 2.59. The molecule has 0 radical (unpaired) electrons. The Kier molecular flexibility index (Phi) is 7.84. The molecule has 6 aromatic rings. The lowest BCUT2D eigenvalue weighted by Gasteiger charge is -2.47. The maximum absolute atomic E-state index is 2.67. The lowest BCUT2D eigenvalue weighted by molar-refractivity contribution is -0.761. The summed E-state index contributed by atoms with van der Waals surface area (Å²) >= 11 is 0. The molecule has 258 valence electrons. The van der Waals surface area contributed by atoms with Gasteiger partial charge in [-0.05, 0) is 89.2 Å². The number of anilines is 3. The van der Waals surface area contributed by atoms with Crippen LogP contribution in [0.1, 0.15) is 87.1 Å². The summed E-state index contributed by atoms with van der Waals surface area (Å²) in [5.74, 6) is 0.954. The van der Waals surface area contributed by atoms with Crippen LogP contribution in [0.4, 0.5) is 17.1 Å². The first kappa shape index (κ1) is 32.7. The lowest BCUT2D eigenvalue weighted by atomic mass is 9.61. The fraction of sp³-hybridized carbons (Fsp3) is 0.260. The molecule has 5 aromatic carbocycles. The summed E-state index contributed by atoms with van der Waals surface area (Å²) in [6, 6.07) is 46.3. The highest BCUT2D eigenvalue weighted by atomic mass is 15.2. The van der Waals surface area contributed by atoms with Crippen LogP contribution in [-0.2, 0) is 11.0 Å². The summed E-state index contributed by atoms with van der Waals surface area (Å²) in [7, 11) is 0. The van der Waals surface area contributed by atoms with Crippen LogP contribution in [0.2, 0.25) is 0 Å². The van der Waals surface area contributed by atoms with Gasteiger partial charge in [-0.15, -0.1) is 0 Å². The van der Waals surface area contributed by atoms with E-state index in [-0.39, 0.29) is 5.54 Å². The fourth-order valence-electron chi connectivity index (χ4n) is 10.3. The number of benzene rings is 5. The molecule has 0 amide bonds. The molecule has 0 fully saturated rings. The van der Waals surface area contributed by atoms with E-state index in [4.69, 9.17) is 0 Å². The van der Waals surface area contributed by atoms with Crippen molar-refractivity contribution in [3.63, 3.8) is 0 Å². The smallest absolute Gasteiger partial charge is 0.221 e. The van der Waals surface area contributed by atoms with Crippen LogP contribution in [0.15, 0.2) is 151 Å². The van der Waals surface area contributed by atoms with Gasteiger partial charge in [0.15, 0.2) is 11.7 Å². The van der Waals surface area contributed by atoms with Gasteiger partial charge >= 0.3 is 0 Å². The summed E-state index contributed by atoms with van der Waals surface area (Å²) in [6.07, 6.45) is 14.0. The number of hydrogen-bond acceptors (Lipinski definition) is 1. The van der Waals surface area contributed by atoms with E-state index < -0.39 is 5.41 Å². The Bertz CT molecular complexity index is 2340. The number of rotatable bonds is 6. The van der Waals surface area contributed by atoms with Crippen molar-refractivity contribution in [2.75, 3.05) is 4.90 Å². The molecule has 9 rings (SSSR count). The van der Waals surface area contributed by atoms with Crippen LogP contribution >= 0.6 is 0 Å². The van der Waals surface area contributed by atoms with E-state index in [2.05, 4.69) is 190 Å². The van der Waals surface area contributed by atoms with Gasteiger partial charge < -0.3 is 4.90 Å². The van der Waals surface area contributed by atoms with Crippen LogP contribution in [-0.4, -0.2) is 0 Å². The first-order valence-corrected chi connectivity index (χ1v) is 19.5. The van der Waals surface area contributed by atoms with Gasteiger partial charge in [-0.3, -0.25) is 0 Å². The van der Waals surface area contributed by atoms with Crippen LogP contribution in [0.5, 0.6) is 0 Å². The minimum Gasteiger partial charge on any atom is -0.310 e. The Morgan fingerprint density at radius 1 is 0.750 bits per heavy atom. The Morgan fingerprint density at radius 3 is 2.08 bits per heavy atom. The summed E-state index contributed by atoms with van der Waals surface area (Å²) in [4.78, 5) is 2.55. The molecule has 3 heterocycles. The molecule has 0 saturated heterocycles. The van der Waals surface area contributed by atoms with Crippen molar-refractivity contribution in [1.82, 2.24) is 0 Å². The molecule has 0 spiro atoms. The van der Waals surface area contributed by atoms with Crippen molar-refractivity contribution in [2.24, 2.45) is 5.92 Å². The van der Waals surface area contributed by atoms with E-state index in [9.17, 15) is 0 Å². The average molecular weight is 678 g/mol. The summed E-state index contributed by atoms with van der Waals surface area (Å²) < 4.78 is 2.67. The quantitative estimate of drug-likeness (QED) is 0.159. The maximum atomic E-state index is 2.67. The van der Waals surface area contributed by atoms with Crippen LogP contribution in [0, 0.1) is 12.8 Å². The van der Waals surface area contributed by atoms with Crippen LogP contribution in [0.3, 0.4) is 0 Å². The minimum absolute atomic E-state index is 0.0271. The number of nitrogens with zero attached hydrogens (tertiary/aromatic N) is 2. The number of pyridine rings is 1. The van der Waals surface area contributed by atoms with Gasteiger partial charge in [0.2, 0.25) is 5.69 Å². The first-order chi connectivity index (χ1) is 25.5. The van der Waals surface area contributed by atoms with Crippen molar-refractivity contribution < 1.29 is 4.57 Å². The normalized spacial score (nSPS) is 19.3. The van der Waals surface area contributed by atoms with E-state index in [1.807, 2.05) is 0 Å². The molecule has 2 unspecified atom stereocenters. The molecular formula is C50H49N2+. The molecule has 1 aliphatic carbocycles. The molecule has 0 saturated carbocycles. The van der Waals surface area contributed by atoms with E-state index >= 15 is 0 Å². The predicted molar refractivity (Wildman–Crippen MR) is 218 cm³/mol. The van der Waals surface area contributed by atoms with Gasteiger partial charge in [0.1, 0.15) is 0 Å². The SMILES string of the molecule is CCC1c2ccc(N3c4ccccc4C(C4=CCC(C)C=C4)(c4ccc(C)cc4)c4ccccc43)cc2-c2c3ccccc3cc[n+]2C1(CC)CC. The standard InChI is InChI=1S/C50H49N2/c1-6-43-41-30-29-39(33-42(41)48-40-16-10-9-15-36(40)31-32-51(48)49(43,7-2)8-3)52-46-19-13-11-17-44(46)50(37-25-21-34(4)22-26-37,38-27-23-35(5)24-28-38)45-18-12-14-20-47(45)52/h9-23,25-33,35,43H,6-8,24H2,1-5H3/q+1. The number of aromatic nitrogens is 1. The van der Waals surface area contributed by atoms with Crippen LogP contribution in [0.25, 0.3) is 22.0 Å². The number of aryl methyl sites for hydroxylation is 1. The van der Waals surface area contributed by atoms with E-state index in [1.54, 1.807) is 0 Å². The van der Waals surface area contributed by atoms with Gasteiger partial charge in [0.25, 0.3) is 0 Å². The molecule has 0 bridgehead atoms. The maximum Gasteiger partial charge on any atom is 0.221 e. The molecule has 0 N–H and O–H groups in total. The third-order valence-electron chi connectivity index (χ3n) is 12.9. The summed E-state index contributed by atoms with van der Waals surface area (Å²) in [6.45, 7) is 11.7. The third-order valence-corrected chi connectivity index (χ3v) is 12.9. The molecule has 2 nitrogen and oxygen atoms in total. The Hall–Kier alpha value is -5.21. The van der Waals surface area contributed by atoms with Crippen molar-refractivity contribution in [2.45, 2.75) is 77.2 Å². The molecular weight excluding hydrogens is 629 g/mol. The molecule has 52 heavy (non-hydrogen) atoms. The van der Waals surface area contributed by atoms with E-state index in [0.717, 1.165) is 25.7 Å². The fourth-order valence-corrected chi connectivity index (χ4v) is 10.3. The average Bonchev–Trinajstić information content (AvgIpc) is 3.19. The second kappa shape index (κ2) is 12.5. The van der Waals surface area contributed by atoms with Crippen LogP contribution < -0.4 is 9.47 Å². The molecule has 3 aliphatic rings. The Balaban J connectivity index is 1.33. The Labute approximate surface area is 309 Å². The van der Waals surface area contributed by atoms with Gasteiger partial charge in [-0.2, -0.15) is 4.57 Å². The summed E-state index contributed by atoms with van der Waals surface area (Å²) in [5.41, 5.74) is 14.0. The van der Waals surface area contributed by atoms with Crippen molar-refractivity contribution in [3.05, 3.63) is 179 Å². The number of para-hydroxylation sites is 2. The second-order valence-corrected chi connectivity index (χ2v) is 15.4. The van der Waals surface area contributed by atoms with Gasteiger partial charge in [0, 0.05) is 30.5 Å². The van der Waals surface area contributed by atoms with Crippen molar-refractivity contribution >= 4 is 27.8 Å². The highest BCUT2D eigenvalue weighted by molar-refractivity contribution is 5.96. The van der Waals surface area contributed by atoms with Crippen molar-refractivity contribution in [1.29, 1.82) is 0 Å². The monoisotopic (exact) mass is 677 g/mol. The molecule has 2 heteroatoms. The molecule has 1 aromatic heterocycles. The zero-order valence-corrected chi connectivity index (χ0v) is 31.2. The molecule has 2 aliphatic heterocycles. The van der Waals surface area contributed by atoms with Gasteiger partial charge in [-0.25, -0.2) is 0 Å². The van der Waals surface area contributed by atoms with Crippen molar-refractivity contribution in [3.8, 4) is 11.3 Å². The topological polar surface area (TPSA) is 7.12 Å². The number of allylic oxidation sites excluding steroid dienone is 4. The van der Waals surface area contributed by atoms with Gasteiger partial charge in [0.05, 0.1) is 27.7 Å². The largest absolute Gasteiger partial charge is 0.310 e. The zero-order chi connectivity index (χ0) is 35.6. The predicted octanol–water partition coefficient (Wildman–Crippen LogP) is 12.8. The lowest BCUT2D eigenvalue weighted by Crippen LogP contribution is -2.62. The molecule has 2 atom stereocenters. The van der Waals surface area contributed by atoms with E-state index in [1.165, 1.54) is 72.5 Å². The van der Waals surface area contributed by atoms with Gasteiger partial charge in [-0.1, -0.05) is 136 Å². The summed E-state index contributed by atoms with van der Waals surface area (Å²) in [5, 5.41) is 2.62.